The number of nitrogens with one attached hydrogen (secondary N) is 1. The van der Waals surface area contributed by atoms with Crippen molar-refractivity contribution in [3.63, 3.8) is 0 Å². The van der Waals surface area contributed by atoms with Crippen LogP contribution in [0.3, 0.4) is 0 Å². The first-order chi connectivity index (χ1) is 11.1. The van der Waals surface area contributed by atoms with E-state index in [1.807, 2.05) is 54.6 Å². The third-order valence-electron chi connectivity index (χ3n) is 3.92. The van der Waals surface area contributed by atoms with Crippen molar-refractivity contribution in [2.45, 2.75) is 25.4 Å². The number of carbonyl (C=O) groups is 2. The van der Waals surface area contributed by atoms with E-state index in [9.17, 15) is 9.59 Å². The summed E-state index contributed by atoms with van der Waals surface area (Å²) in [6.07, 6.45) is 2.16. The molecule has 118 valence electrons. The van der Waals surface area contributed by atoms with E-state index in [1.165, 1.54) is 0 Å². The maximum Gasteiger partial charge on any atom is 0.253 e. The smallest absolute Gasteiger partial charge is 0.253 e. The van der Waals surface area contributed by atoms with Crippen molar-refractivity contribution < 1.29 is 9.59 Å². The van der Waals surface area contributed by atoms with Gasteiger partial charge in [0.15, 0.2) is 0 Å². The fourth-order valence-electron chi connectivity index (χ4n) is 2.40. The zero-order valence-corrected chi connectivity index (χ0v) is 13.2. The third-order valence-corrected chi connectivity index (χ3v) is 3.92. The lowest BCUT2D eigenvalue weighted by molar-refractivity contribution is 0.0784. The molecule has 0 unspecified atom stereocenters. The molecule has 0 radical (unpaired) electrons. The molecule has 0 aromatic heterocycles. The molecule has 1 fully saturated rings. The van der Waals surface area contributed by atoms with E-state index in [4.69, 9.17) is 0 Å². The number of hydrogen-bond donors (Lipinski definition) is 1. The van der Waals surface area contributed by atoms with Crippen molar-refractivity contribution in [1.29, 1.82) is 0 Å². The predicted octanol–water partition coefficient (Wildman–Crippen LogP) is 2.85. The van der Waals surface area contributed by atoms with Crippen LogP contribution in [0.4, 0.5) is 0 Å². The highest BCUT2D eigenvalue weighted by Gasteiger charge is 2.23. The molecular weight excluding hydrogens is 288 g/mol. The lowest BCUT2D eigenvalue weighted by Crippen LogP contribution is -2.26. The van der Waals surface area contributed by atoms with E-state index in [2.05, 4.69) is 5.32 Å². The van der Waals surface area contributed by atoms with Gasteiger partial charge < -0.3 is 10.2 Å². The molecular formula is C19H20N2O2. The molecule has 2 aromatic rings. The largest absolute Gasteiger partial charge is 0.349 e. The van der Waals surface area contributed by atoms with Gasteiger partial charge >= 0.3 is 0 Å². The first kappa shape index (κ1) is 15.3. The molecule has 1 aliphatic rings. The maximum absolute atomic E-state index is 12.3. The van der Waals surface area contributed by atoms with E-state index in [-0.39, 0.29) is 11.8 Å². The van der Waals surface area contributed by atoms with Crippen LogP contribution in [0, 0.1) is 0 Å². The van der Waals surface area contributed by atoms with Crippen molar-refractivity contribution in [3.8, 4) is 0 Å². The topological polar surface area (TPSA) is 49.4 Å². The second kappa shape index (κ2) is 6.65. The van der Waals surface area contributed by atoms with Crippen LogP contribution < -0.4 is 5.32 Å². The molecule has 0 atom stereocenters. The number of benzene rings is 2. The second-order valence-corrected chi connectivity index (χ2v) is 5.97. The monoisotopic (exact) mass is 308 g/mol. The molecule has 3 rings (SSSR count). The fraction of sp³-hybridized carbons (Fsp3) is 0.263. The summed E-state index contributed by atoms with van der Waals surface area (Å²) in [6.45, 7) is 0.512. The number of carbonyl (C=O) groups excluding carboxylic acids is 2. The zero-order valence-electron chi connectivity index (χ0n) is 13.2. The standard InChI is InChI=1S/C19H20N2O2/c1-21(19(23)16-5-3-2-4-6-16)13-14-7-9-15(10-8-14)18(22)20-17-11-12-17/h2-10,17H,11-13H2,1H3,(H,20,22). The summed E-state index contributed by atoms with van der Waals surface area (Å²) in [5.74, 6) is -0.0334. The summed E-state index contributed by atoms with van der Waals surface area (Å²) in [5, 5.41) is 2.97. The SMILES string of the molecule is CN(Cc1ccc(C(=O)NC2CC2)cc1)C(=O)c1ccccc1. The first-order valence-electron chi connectivity index (χ1n) is 7.84. The van der Waals surface area contributed by atoms with Gasteiger partial charge in [-0.1, -0.05) is 30.3 Å². The highest BCUT2D eigenvalue weighted by molar-refractivity contribution is 5.95. The molecule has 2 aromatic carbocycles. The quantitative estimate of drug-likeness (QED) is 0.923. The maximum atomic E-state index is 12.3. The molecule has 1 N–H and O–H groups in total. The van der Waals surface area contributed by atoms with Crippen LogP contribution in [0.2, 0.25) is 0 Å². The summed E-state index contributed by atoms with van der Waals surface area (Å²) in [5.41, 5.74) is 2.34. The Balaban J connectivity index is 1.61. The van der Waals surface area contributed by atoms with Gasteiger partial charge in [0.1, 0.15) is 0 Å². The van der Waals surface area contributed by atoms with Gasteiger partial charge in [0.2, 0.25) is 0 Å². The van der Waals surface area contributed by atoms with E-state index < -0.39 is 0 Å². The minimum absolute atomic E-state index is 0.0128. The Morgan fingerprint density at radius 3 is 2.26 bits per heavy atom. The summed E-state index contributed by atoms with van der Waals surface area (Å²) in [7, 11) is 1.78. The average Bonchev–Trinajstić information content (AvgIpc) is 3.39. The number of amides is 2. The minimum Gasteiger partial charge on any atom is -0.349 e. The van der Waals surface area contributed by atoms with Gasteiger partial charge in [-0.05, 0) is 42.7 Å². The van der Waals surface area contributed by atoms with E-state index in [0.29, 0.717) is 23.7 Å². The van der Waals surface area contributed by atoms with Crippen LogP contribution in [0.1, 0.15) is 39.1 Å². The van der Waals surface area contributed by atoms with Crippen molar-refractivity contribution >= 4 is 11.8 Å². The highest BCUT2D eigenvalue weighted by atomic mass is 16.2. The molecule has 23 heavy (non-hydrogen) atoms. The Hall–Kier alpha value is -2.62. The zero-order chi connectivity index (χ0) is 16.2. The third kappa shape index (κ3) is 3.97. The van der Waals surface area contributed by atoms with Gasteiger partial charge in [0.05, 0.1) is 0 Å². The highest BCUT2D eigenvalue weighted by Crippen LogP contribution is 2.19. The molecule has 0 heterocycles. The molecule has 1 aliphatic carbocycles. The van der Waals surface area contributed by atoms with Gasteiger partial charge in [-0.15, -0.1) is 0 Å². The lowest BCUT2D eigenvalue weighted by atomic mass is 10.1. The number of rotatable bonds is 5. The molecule has 0 aliphatic heterocycles. The normalized spacial score (nSPS) is 13.4. The van der Waals surface area contributed by atoms with Crippen LogP contribution in [-0.2, 0) is 6.54 Å². The molecule has 2 amide bonds. The molecule has 4 nitrogen and oxygen atoms in total. The molecule has 0 bridgehead atoms. The Labute approximate surface area is 136 Å². The Bertz CT molecular complexity index is 691. The van der Waals surface area contributed by atoms with Crippen LogP contribution in [-0.4, -0.2) is 29.8 Å². The lowest BCUT2D eigenvalue weighted by Gasteiger charge is -2.17. The van der Waals surface area contributed by atoms with Crippen LogP contribution >= 0.6 is 0 Å². The van der Waals surface area contributed by atoms with Crippen molar-refractivity contribution in [2.75, 3.05) is 7.05 Å². The molecule has 0 spiro atoms. The van der Waals surface area contributed by atoms with Crippen LogP contribution in [0.5, 0.6) is 0 Å². The average molecular weight is 308 g/mol. The van der Waals surface area contributed by atoms with Gasteiger partial charge in [0.25, 0.3) is 11.8 Å². The van der Waals surface area contributed by atoms with E-state index >= 15 is 0 Å². The van der Waals surface area contributed by atoms with Crippen molar-refractivity contribution in [3.05, 3.63) is 71.3 Å². The molecule has 1 saturated carbocycles. The summed E-state index contributed by atoms with van der Waals surface area (Å²) < 4.78 is 0. The van der Waals surface area contributed by atoms with E-state index in [0.717, 1.165) is 18.4 Å². The van der Waals surface area contributed by atoms with Gasteiger partial charge in [-0.2, -0.15) is 0 Å². The predicted molar refractivity (Wildman–Crippen MR) is 89.2 cm³/mol. The van der Waals surface area contributed by atoms with Crippen molar-refractivity contribution in [1.82, 2.24) is 10.2 Å². The number of hydrogen-bond acceptors (Lipinski definition) is 2. The number of nitrogens with zero attached hydrogens (tertiary/aromatic N) is 1. The summed E-state index contributed by atoms with van der Waals surface area (Å²) >= 11 is 0. The van der Waals surface area contributed by atoms with E-state index in [1.54, 1.807) is 11.9 Å². The van der Waals surface area contributed by atoms with Gasteiger partial charge in [-0.25, -0.2) is 0 Å². The van der Waals surface area contributed by atoms with Gasteiger partial charge in [0, 0.05) is 30.8 Å². The fourth-order valence-corrected chi connectivity index (χ4v) is 2.40. The van der Waals surface area contributed by atoms with Crippen molar-refractivity contribution in [2.24, 2.45) is 0 Å². The Morgan fingerprint density at radius 2 is 1.65 bits per heavy atom. The summed E-state index contributed by atoms with van der Waals surface area (Å²) in [6, 6.07) is 17.0. The van der Waals surface area contributed by atoms with Gasteiger partial charge in [-0.3, -0.25) is 9.59 Å². The Kier molecular flexibility index (Phi) is 4.42. The minimum atomic E-state index is -0.0206. The Morgan fingerprint density at radius 1 is 1.00 bits per heavy atom. The molecule has 0 saturated heterocycles. The summed E-state index contributed by atoms with van der Waals surface area (Å²) in [4.78, 5) is 25.9. The molecule has 4 heteroatoms. The second-order valence-electron chi connectivity index (χ2n) is 5.97. The van der Waals surface area contributed by atoms with Crippen LogP contribution in [0.25, 0.3) is 0 Å². The first-order valence-corrected chi connectivity index (χ1v) is 7.84. The van der Waals surface area contributed by atoms with Crippen LogP contribution in [0.15, 0.2) is 54.6 Å².